The van der Waals surface area contributed by atoms with Crippen LogP contribution in [0.1, 0.15) is 32.6 Å². The number of carboxylic acid groups (broad SMARTS) is 1. The number of carbonyl (C=O) groups is 2. The number of H-pyrrole nitrogens is 1. The number of fused-ring (bicyclic) bond motifs is 1. The summed E-state index contributed by atoms with van der Waals surface area (Å²) >= 11 is 0. The Hall–Kier alpha value is -2.30. The third-order valence-electron chi connectivity index (χ3n) is 4.72. The van der Waals surface area contributed by atoms with Crippen LogP contribution in [0.2, 0.25) is 0 Å². The van der Waals surface area contributed by atoms with E-state index < -0.39 is 11.4 Å². The molecule has 0 saturated heterocycles. The van der Waals surface area contributed by atoms with E-state index in [0.29, 0.717) is 19.4 Å². The van der Waals surface area contributed by atoms with Crippen molar-refractivity contribution in [2.75, 3.05) is 11.4 Å². The van der Waals surface area contributed by atoms with Crippen LogP contribution in [0.3, 0.4) is 0 Å². The van der Waals surface area contributed by atoms with Crippen LogP contribution in [0.15, 0.2) is 30.5 Å². The second kappa shape index (κ2) is 5.48. The van der Waals surface area contributed by atoms with Gasteiger partial charge in [-0.3, -0.25) is 9.59 Å². The van der Waals surface area contributed by atoms with E-state index in [9.17, 15) is 14.7 Å². The molecule has 1 amide bonds. The SMILES string of the molecule is CCN(C(=O)CC1(C(=O)O)CCC1)c1ccc2[nH]ccc2c1. The lowest BCUT2D eigenvalue weighted by Crippen LogP contribution is -2.44. The van der Waals surface area contributed by atoms with E-state index in [1.807, 2.05) is 37.4 Å². The summed E-state index contributed by atoms with van der Waals surface area (Å²) in [5, 5.41) is 10.4. The molecule has 1 heterocycles. The molecule has 0 spiro atoms. The quantitative estimate of drug-likeness (QED) is 0.890. The third-order valence-corrected chi connectivity index (χ3v) is 4.72. The van der Waals surface area contributed by atoms with Crippen molar-refractivity contribution in [3.8, 4) is 0 Å². The Labute approximate surface area is 128 Å². The Morgan fingerprint density at radius 3 is 2.68 bits per heavy atom. The van der Waals surface area contributed by atoms with E-state index >= 15 is 0 Å². The molecule has 22 heavy (non-hydrogen) atoms. The first-order valence-electron chi connectivity index (χ1n) is 7.67. The monoisotopic (exact) mass is 300 g/mol. The molecule has 0 aliphatic heterocycles. The predicted octanol–water partition coefficient (Wildman–Crippen LogP) is 3.17. The van der Waals surface area contributed by atoms with Crippen LogP contribution in [-0.2, 0) is 9.59 Å². The van der Waals surface area contributed by atoms with Gasteiger partial charge in [0, 0.05) is 35.8 Å². The minimum atomic E-state index is -0.845. The zero-order chi connectivity index (χ0) is 15.7. The first kappa shape index (κ1) is 14.6. The van der Waals surface area contributed by atoms with Crippen molar-refractivity contribution >= 4 is 28.5 Å². The maximum absolute atomic E-state index is 12.6. The van der Waals surface area contributed by atoms with Crippen LogP contribution in [0, 0.1) is 5.41 Å². The van der Waals surface area contributed by atoms with Crippen LogP contribution in [0.5, 0.6) is 0 Å². The molecule has 0 atom stereocenters. The Balaban J connectivity index is 1.83. The molecule has 116 valence electrons. The summed E-state index contributed by atoms with van der Waals surface area (Å²) in [4.78, 5) is 28.9. The van der Waals surface area contributed by atoms with Crippen molar-refractivity contribution in [1.29, 1.82) is 0 Å². The van der Waals surface area contributed by atoms with Gasteiger partial charge in [-0.05, 0) is 44.0 Å². The molecule has 1 aromatic heterocycles. The van der Waals surface area contributed by atoms with Crippen molar-refractivity contribution in [3.63, 3.8) is 0 Å². The predicted molar refractivity (Wildman–Crippen MR) is 84.9 cm³/mol. The highest BCUT2D eigenvalue weighted by atomic mass is 16.4. The van der Waals surface area contributed by atoms with E-state index in [-0.39, 0.29) is 12.3 Å². The Morgan fingerprint density at radius 2 is 2.09 bits per heavy atom. The van der Waals surface area contributed by atoms with Crippen LogP contribution in [0.25, 0.3) is 10.9 Å². The third kappa shape index (κ3) is 2.36. The fraction of sp³-hybridized carbons (Fsp3) is 0.412. The number of aromatic nitrogens is 1. The number of hydrogen-bond acceptors (Lipinski definition) is 2. The van der Waals surface area contributed by atoms with Gasteiger partial charge in [0.15, 0.2) is 0 Å². The number of nitrogens with zero attached hydrogens (tertiary/aromatic N) is 1. The molecule has 1 fully saturated rings. The lowest BCUT2D eigenvalue weighted by molar-refractivity contribution is -0.157. The van der Waals surface area contributed by atoms with E-state index in [2.05, 4.69) is 4.98 Å². The number of hydrogen-bond donors (Lipinski definition) is 2. The largest absolute Gasteiger partial charge is 0.481 e. The molecule has 1 aliphatic carbocycles. The van der Waals surface area contributed by atoms with Crippen molar-refractivity contribution in [3.05, 3.63) is 30.5 Å². The van der Waals surface area contributed by atoms with Gasteiger partial charge in [-0.1, -0.05) is 6.42 Å². The summed E-state index contributed by atoms with van der Waals surface area (Å²) in [5.41, 5.74) is 0.996. The van der Waals surface area contributed by atoms with Gasteiger partial charge in [0.05, 0.1) is 5.41 Å². The second-order valence-electron chi connectivity index (χ2n) is 6.00. The number of rotatable bonds is 5. The summed E-state index contributed by atoms with van der Waals surface area (Å²) in [6.07, 6.45) is 4.04. The molecular formula is C17H20N2O3. The van der Waals surface area contributed by atoms with Crippen LogP contribution >= 0.6 is 0 Å². The first-order valence-corrected chi connectivity index (χ1v) is 7.67. The Morgan fingerprint density at radius 1 is 1.32 bits per heavy atom. The number of aromatic amines is 1. The van der Waals surface area contributed by atoms with Crippen molar-refractivity contribution in [1.82, 2.24) is 4.98 Å². The lowest BCUT2D eigenvalue weighted by atomic mass is 9.66. The van der Waals surface area contributed by atoms with Gasteiger partial charge in [0.1, 0.15) is 0 Å². The zero-order valence-electron chi connectivity index (χ0n) is 12.6. The smallest absolute Gasteiger partial charge is 0.310 e. The molecule has 2 N–H and O–H groups in total. The fourth-order valence-electron chi connectivity index (χ4n) is 3.17. The summed E-state index contributed by atoms with van der Waals surface area (Å²) in [6.45, 7) is 2.44. The first-order chi connectivity index (χ1) is 10.6. The number of nitrogens with one attached hydrogen (secondary N) is 1. The van der Waals surface area contributed by atoms with Gasteiger partial charge >= 0.3 is 5.97 Å². The van der Waals surface area contributed by atoms with E-state index in [1.165, 1.54) is 0 Å². The summed E-state index contributed by atoms with van der Waals surface area (Å²) in [6, 6.07) is 7.76. The number of carboxylic acids is 1. The number of anilines is 1. The van der Waals surface area contributed by atoms with Crippen molar-refractivity contribution in [2.45, 2.75) is 32.6 Å². The maximum Gasteiger partial charge on any atom is 0.310 e. The van der Waals surface area contributed by atoms with Gasteiger partial charge in [-0.2, -0.15) is 0 Å². The number of aliphatic carboxylic acids is 1. The van der Waals surface area contributed by atoms with Crippen LogP contribution < -0.4 is 4.90 Å². The molecule has 5 heteroatoms. The number of amides is 1. The normalized spacial score (nSPS) is 16.2. The summed E-state index contributed by atoms with van der Waals surface area (Å²) in [5.74, 6) is -0.955. The van der Waals surface area contributed by atoms with Gasteiger partial charge in [0.25, 0.3) is 0 Å². The fourth-order valence-corrected chi connectivity index (χ4v) is 3.17. The van der Waals surface area contributed by atoms with Gasteiger partial charge in [-0.15, -0.1) is 0 Å². The topological polar surface area (TPSA) is 73.4 Å². The highest BCUT2D eigenvalue weighted by Gasteiger charge is 2.46. The molecule has 1 aliphatic rings. The second-order valence-corrected chi connectivity index (χ2v) is 6.00. The highest BCUT2D eigenvalue weighted by molar-refractivity contribution is 5.98. The molecule has 5 nitrogen and oxygen atoms in total. The molecule has 1 aromatic carbocycles. The van der Waals surface area contributed by atoms with E-state index in [0.717, 1.165) is 23.0 Å². The minimum absolute atomic E-state index is 0.0847. The molecule has 0 radical (unpaired) electrons. The van der Waals surface area contributed by atoms with Crippen molar-refractivity contribution in [2.24, 2.45) is 5.41 Å². The molecule has 0 bridgehead atoms. The zero-order valence-corrected chi connectivity index (χ0v) is 12.6. The molecule has 2 aromatic rings. The van der Waals surface area contributed by atoms with Gasteiger partial charge in [-0.25, -0.2) is 0 Å². The van der Waals surface area contributed by atoms with Gasteiger partial charge in [0.2, 0.25) is 5.91 Å². The Bertz CT molecular complexity index is 716. The molecule has 1 saturated carbocycles. The summed E-state index contributed by atoms with van der Waals surface area (Å²) in [7, 11) is 0. The summed E-state index contributed by atoms with van der Waals surface area (Å²) < 4.78 is 0. The number of benzene rings is 1. The van der Waals surface area contributed by atoms with Crippen molar-refractivity contribution < 1.29 is 14.7 Å². The minimum Gasteiger partial charge on any atom is -0.481 e. The molecular weight excluding hydrogens is 280 g/mol. The Kier molecular flexibility index (Phi) is 3.64. The van der Waals surface area contributed by atoms with Gasteiger partial charge < -0.3 is 15.0 Å². The molecule has 0 unspecified atom stereocenters. The number of carbonyl (C=O) groups excluding carboxylic acids is 1. The molecule has 3 rings (SSSR count). The lowest BCUT2D eigenvalue weighted by Gasteiger charge is -2.38. The average molecular weight is 300 g/mol. The van der Waals surface area contributed by atoms with Crippen LogP contribution in [-0.4, -0.2) is 28.5 Å². The average Bonchev–Trinajstić information content (AvgIpc) is 2.90. The standard InChI is InChI=1S/C17H20N2O3/c1-2-19(13-4-5-14-12(10-13)6-9-18-14)15(20)11-17(16(21)22)7-3-8-17/h4-6,9-10,18H,2-3,7-8,11H2,1H3,(H,21,22). The highest BCUT2D eigenvalue weighted by Crippen LogP contribution is 2.44. The van der Waals surface area contributed by atoms with E-state index in [4.69, 9.17) is 0 Å². The van der Waals surface area contributed by atoms with Crippen LogP contribution in [0.4, 0.5) is 5.69 Å². The maximum atomic E-state index is 12.6. The van der Waals surface area contributed by atoms with E-state index in [1.54, 1.807) is 4.90 Å².